The third kappa shape index (κ3) is 5.68. The minimum absolute atomic E-state index is 0.00688. The molecule has 0 saturated carbocycles. The highest BCUT2D eigenvalue weighted by Gasteiger charge is 2.14. The first-order chi connectivity index (χ1) is 11.5. The summed E-state index contributed by atoms with van der Waals surface area (Å²) in [5.74, 6) is 0.598. The van der Waals surface area contributed by atoms with Crippen LogP contribution < -0.4 is 10.6 Å². The normalized spacial score (nSPS) is 12.2. The maximum atomic E-state index is 12.3. The molecule has 0 unspecified atom stereocenters. The van der Waals surface area contributed by atoms with E-state index < -0.39 is 9.84 Å². The number of benzene rings is 1. The molecule has 1 aromatic carbocycles. The Bertz CT molecular complexity index is 756. The van der Waals surface area contributed by atoms with Gasteiger partial charge in [0, 0.05) is 43.5 Å². The van der Waals surface area contributed by atoms with Crippen molar-refractivity contribution in [3.05, 3.63) is 53.3 Å². The number of hydrogen-bond donors (Lipinski definition) is 2. The number of aromatic nitrogens is 1. The molecule has 0 saturated heterocycles. The first-order valence-electron chi connectivity index (χ1n) is 7.55. The molecule has 0 aliphatic heterocycles. The second-order valence-corrected chi connectivity index (χ2v) is 8.14. The Kier molecular flexibility index (Phi) is 6.86. The quantitative estimate of drug-likeness (QED) is 0.537. The van der Waals surface area contributed by atoms with Gasteiger partial charge in [0.2, 0.25) is 0 Å². The molecule has 1 aromatic heterocycles. The van der Waals surface area contributed by atoms with Crippen molar-refractivity contribution in [2.45, 2.75) is 11.4 Å². The van der Waals surface area contributed by atoms with Gasteiger partial charge in [-0.3, -0.25) is 4.99 Å². The highest BCUT2D eigenvalue weighted by Crippen LogP contribution is 2.15. The number of rotatable bonds is 7. The predicted molar refractivity (Wildman–Crippen MR) is 100.0 cm³/mol. The van der Waals surface area contributed by atoms with Crippen LogP contribution in [0.15, 0.2) is 63.2 Å². The van der Waals surface area contributed by atoms with Gasteiger partial charge in [-0.15, -0.1) is 0 Å². The van der Waals surface area contributed by atoms with E-state index in [1.54, 1.807) is 31.3 Å². The summed E-state index contributed by atoms with van der Waals surface area (Å²) in [4.78, 5) is 4.42. The van der Waals surface area contributed by atoms with Crippen molar-refractivity contribution in [1.29, 1.82) is 0 Å². The van der Waals surface area contributed by atoms with E-state index in [0.717, 1.165) is 11.0 Å². The molecule has 6 nitrogen and oxygen atoms in total. The summed E-state index contributed by atoms with van der Waals surface area (Å²) in [5.41, 5.74) is 0. The van der Waals surface area contributed by atoms with Gasteiger partial charge in [-0.05, 0) is 36.4 Å². The van der Waals surface area contributed by atoms with Crippen molar-refractivity contribution in [3.63, 3.8) is 0 Å². The summed E-state index contributed by atoms with van der Waals surface area (Å²) in [6.07, 6.45) is 3.98. The topological polar surface area (TPSA) is 75.5 Å². The van der Waals surface area contributed by atoms with E-state index >= 15 is 0 Å². The summed E-state index contributed by atoms with van der Waals surface area (Å²) in [6.45, 7) is 1.81. The van der Waals surface area contributed by atoms with Crippen molar-refractivity contribution in [1.82, 2.24) is 15.2 Å². The Labute approximate surface area is 151 Å². The molecule has 0 spiro atoms. The van der Waals surface area contributed by atoms with E-state index in [2.05, 4.69) is 36.1 Å². The third-order valence-corrected chi connectivity index (χ3v) is 5.65. The SMILES string of the molecule is CN=C(NCCn1cccc1)NCCS(=O)(=O)c1ccc(Br)cc1. The van der Waals surface area contributed by atoms with Gasteiger partial charge in [-0.2, -0.15) is 0 Å². The lowest BCUT2D eigenvalue weighted by Crippen LogP contribution is -2.40. The predicted octanol–water partition coefficient (Wildman–Crippen LogP) is 1.89. The number of guanidine groups is 1. The number of nitrogens with zero attached hydrogens (tertiary/aromatic N) is 2. The maximum absolute atomic E-state index is 12.3. The van der Waals surface area contributed by atoms with Crippen molar-refractivity contribution in [2.24, 2.45) is 4.99 Å². The molecular formula is C16H21BrN4O2S. The van der Waals surface area contributed by atoms with Crippen LogP contribution in [0.2, 0.25) is 0 Å². The minimum Gasteiger partial charge on any atom is -0.355 e. The number of sulfone groups is 1. The molecule has 2 aromatic rings. The molecule has 0 aliphatic rings. The average molecular weight is 413 g/mol. The minimum atomic E-state index is -3.31. The van der Waals surface area contributed by atoms with E-state index in [-0.39, 0.29) is 5.75 Å². The van der Waals surface area contributed by atoms with Gasteiger partial charge >= 0.3 is 0 Å². The fourth-order valence-corrected chi connectivity index (χ4v) is 3.53. The Morgan fingerprint density at radius 2 is 1.75 bits per heavy atom. The highest BCUT2D eigenvalue weighted by atomic mass is 79.9. The van der Waals surface area contributed by atoms with Crippen LogP contribution in [-0.4, -0.2) is 44.8 Å². The molecule has 2 N–H and O–H groups in total. The van der Waals surface area contributed by atoms with Crippen molar-refractivity contribution in [3.8, 4) is 0 Å². The van der Waals surface area contributed by atoms with Crippen molar-refractivity contribution in [2.75, 3.05) is 25.9 Å². The third-order valence-electron chi connectivity index (χ3n) is 3.39. The van der Waals surface area contributed by atoms with Crippen LogP contribution in [0.5, 0.6) is 0 Å². The molecule has 0 fully saturated rings. The van der Waals surface area contributed by atoms with Crippen LogP contribution in [0, 0.1) is 0 Å². The zero-order valence-electron chi connectivity index (χ0n) is 13.4. The van der Waals surface area contributed by atoms with E-state index in [1.807, 2.05) is 24.5 Å². The maximum Gasteiger partial charge on any atom is 0.191 e. The molecule has 8 heteroatoms. The monoisotopic (exact) mass is 412 g/mol. The van der Waals surface area contributed by atoms with Crippen LogP contribution in [0.25, 0.3) is 0 Å². The molecule has 2 rings (SSSR count). The molecule has 0 aliphatic carbocycles. The molecular weight excluding hydrogens is 392 g/mol. The Morgan fingerprint density at radius 1 is 1.12 bits per heavy atom. The Balaban J connectivity index is 1.77. The van der Waals surface area contributed by atoms with E-state index in [0.29, 0.717) is 23.9 Å². The largest absolute Gasteiger partial charge is 0.355 e. The second-order valence-electron chi connectivity index (χ2n) is 5.12. The average Bonchev–Trinajstić information content (AvgIpc) is 3.07. The molecule has 1 heterocycles. The molecule has 130 valence electrons. The number of halogens is 1. The summed E-state index contributed by atoms with van der Waals surface area (Å²) in [7, 11) is -1.65. The van der Waals surface area contributed by atoms with E-state index in [1.165, 1.54) is 0 Å². The summed E-state index contributed by atoms with van der Waals surface area (Å²) in [6, 6.07) is 10.6. The fraction of sp³-hybridized carbons (Fsp3) is 0.312. The van der Waals surface area contributed by atoms with Crippen LogP contribution in [0.1, 0.15) is 0 Å². The zero-order chi connectivity index (χ0) is 17.4. The van der Waals surface area contributed by atoms with Gasteiger partial charge in [0.15, 0.2) is 15.8 Å². The lowest BCUT2D eigenvalue weighted by atomic mass is 10.4. The van der Waals surface area contributed by atoms with Gasteiger partial charge < -0.3 is 15.2 Å². The first kappa shape index (κ1) is 18.5. The van der Waals surface area contributed by atoms with Gasteiger partial charge in [0.1, 0.15) is 0 Å². The molecule has 0 atom stereocenters. The van der Waals surface area contributed by atoms with Crippen LogP contribution in [0.3, 0.4) is 0 Å². The van der Waals surface area contributed by atoms with Crippen LogP contribution in [-0.2, 0) is 16.4 Å². The fourth-order valence-electron chi connectivity index (χ4n) is 2.11. The van der Waals surface area contributed by atoms with Crippen LogP contribution >= 0.6 is 15.9 Å². The summed E-state index contributed by atoms with van der Waals surface area (Å²) >= 11 is 3.30. The zero-order valence-corrected chi connectivity index (χ0v) is 15.8. The standard InChI is InChI=1S/C16H21BrN4O2S/c1-18-16(19-8-12-21-10-2-3-11-21)20-9-13-24(22,23)15-6-4-14(17)5-7-15/h2-7,10-11H,8-9,12-13H2,1H3,(H2,18,19,20). The highest BCUT2D eigenvalue weighted by molar-refractivity contribution is 9.10. The van der Waals surface area contributed by atoms with E-state index in [4.69, 9.17) is 0 Å². The lowest BCUT2D eigenvalue weighted by Gasteiger charge is -2.12. The number of nitrogens with one attached hydrogen (secondary N) is 2. The smallest absolute Gasteiger partial charge is 0.191 e. The molecule has 0 amide bonds. The molecule has 0 bridgehead atoms. The number of hydrogen-bond acceptors (Lipinski definition) is 3. The summed E-state index contributed by atoms with van der Waals surface area (Å²) < 4.78 is 27.4. The Hall–Kier alpha value is -1.80. The first-order valence-corrected chi connectivity index (χ1v) is 9.99. The lowest BCUT2D eigenvalue weighted by molar-refractivity contribution is 0.594. The van der Waals surface area contributed by atoms with Gasteiger partial charge in [-0.1, -0.05) is 15.9 Å². The Morgan fingerprint density at radius 3 is 2.38 bits per heavy atom. The molecule has 24 heavy (non-hydrogen) atoms. The van der Waals surface area contributed by atoms with Crippen molar-refractivity contribution < 1.29 is 8.42 Å². The van der Waals surface area contributed by atoms with Gasteiger partial charge in [0.25, 0.3) is 0 Å². The summed E-state index contributed by atoms with van der Waals surface area (Å²) in [5, 5.41) is 6.19. The van der Waals surface area contributed by atoms with Gasteiger partial charge in [0.05, 0.1) is 10.6 Å². The van der Waals surface area contributed by atoms with Crippen LogP contribution in [0.4, 0.5) is 0 Å². The molecule has 0 radical (unpaired) electrons. The van der Waals surface area contributed by atoms with E-state index in [9.17, 15) is 8.42 Å². The number of aliphatic imine (C=N–C) groups is 1. The van der Waals surface area contributed by atoms with Crippen molar-refractivity contribution >= 4 is 31.7 Å². The van der Waals surface area contributed by atoms with Gasteiger partial charge in [-0.25, -0.2) is 8.42 Å². The second kappa shape index (κ2) is 8.89.